The molecule has 0 radical (unpaired) electrons. The van der Waals surface area contributed by atoms with Gasteiger partial charge in [0.2, 0.25) is 0 Å². The predicted octanol–water partition coefficient (Wildman–Crippen LogP) is 2.75. The second-order valence-electron chi connectivity index (χ2n) is 6.72. The van der Waals surface area contributed by atoms with Crippen molar-refractivity contribution < 1.29 is 4.79 Å². The first-order valence-corrected chi connectivity index (χ1v) is 8.69. The molecule has 3 aromatic heterocycles. The van der Waals surface area contributed by atoms with Gasteiger partial charge in [-0.2, -0.15) is 5.26 Å². The predicted molar refractivity (Wildman–Crippen MR) is 99.5 cm³/mol. The Morgan fingerprint density at radius 3 is 2.78 bits per heavy atom. The molecule has 0 unspecified atom stereocenters. The molecule has 0 atom stereocenters. The number of aromatic nitrogens is 4. The number of nitriles is 1. The van der Waals surface area contributed by atoms with Crippen LogP contribution in [0.5, 0.6) is 0 Å². The Balaban J connectivity index is 1.62. The molecule has 0 aromatic carbocycles. The number of amides is 1. The number of carbonyl (C=O) groups excluding carboxylic acids is 1. The van der Waals surface area contributed by atoms with Crippen molar-refractivity contribution in [3.63, 3.8) is 0 Å². The molecule has 3 aromatic rings. The molecule has 1 saturated heterocycles. The lowest BCUT2D eigenvalue weighted by Crippen LogP contribution is -2.49. The number of carbonyl (C=O) groups is 1. The van der Waals surface area contributed by atoms with Crippen LogP contribution in [-0.2, 0) is 0 Å². The Morgan fingerprint density at radius 1 is 1.26 bits per heavy atom. The van der Waals surface area contributed by atoms with Gasteiger partial charge in [-0.3, -0.25) is 14.8 Å². The molecule has 7 heteroatoms. The lowest BCUT2D eigenvalue weighted by Gasteiger charge is -2.35. The van der Waals surface area contributed by atoms with Gasteiger partial charge in [-0.15, -0.1) is 0 Å². The second-order valence-corrected chi connectivity index (χ2v) is 6.72. The number of likely N-dealkylation sites (tertiary alicyclic amines) is 1. The number of rotatable bonds is 3. The molecule has 0 aliphatic carbocycles. The summed E-state index contributed by atoms with van der Waals surface area (Å²) in [5.74, 6) is 0.561. The Morgan fingerprint density at radius 2 is 2.07 bits per heavy atom. The van der Waals surface area contributed by atoms with Crippen LogP contribution in [0.15, 0.2) is 36.8 Å². The van der Waals surface area contributed by atoms with E-state index in [-0.39, 0.29) is 11.8 Å². The van der Waals surface area contributed by atoms with Crippen LogP contribution in [0.1, 0.15) is 21.7 Å². The molecule has 27 heavy (non-hydrogen) atoms. The Kier molecular flexibility index (Phi) is 4.16. The van der Waals surface area contributed by atoms with Crippen molar-refractivity contribution in [1.82, 2.24) is 24.8 Å². The monoisotopic (exact) mass is 358 g/mol. The fourth-order valence-electron chi connectivity index (χ4n) is 3.03. The van der Waals surface area contributed by atoms with Crippen LogP contribution >= 0.6 is 0 Å². The van der Waals surface area contributed by atoms with E-state index >= 15 is 0 Å². The highest BCUT2D eigenvalue weighted by Gasteiger charge is 2.31. The number of pyridine rings is 2. The van der Waals surface area contributed by atoms with Crippen molar-refractivity contribution in [2.24, 2.45) is 5.92 Å². The van der Waals surface area contributed by atoms with Crippen molar-refractivity contribution in [2.75, 3.05) is 13.1 Å². The maximum atomic E-state index is 12.5. The summed E-state index contributed by atoms with van der Waals surface area (Å²) in [7, 11) is 0. The summed E-state index contributed by atoms with van der Waals surface area (Å²) in [6.45, 7) is 4.89. The number of nitrogens with one attached hydrogen (secondary N) is 1. The van der Waals surface area contributed by atoms with Crippen molar-refractivity contribution >= 4 is 5.91 Å². The molecule has 1 fully saturated rings. The maximum Gasteiger partial charge on any atom is 0.255 e. The first-order valence-electron chi connectivity index (χ1n) is 8.69. The van der Waals surface area contributed by atoms with E-state index in [0.29, 0.717) is 18.7 Å². The second kappa shape index (κ2) is 6.65. The fourth-order valence-corrected chi connectivity index (χ4v) is 3.03. The molecule has 1 amide bonds. The van der Waals surface area contributed by atoms with Crippen LogP contribution in [0.25, 0.3) is 22.6 Å². The zero-order valence-electron chi connectivity index (χ0n) is 15.1. The summed E-state index contributed by atoms with van der Waals surface area (Å²) in [5.41, 5.74) is 4.95. The first-order chi connectivity index (χ1) is 13.0. The van der Waals surface area contributed by atoms with E-state index in [1.54, 1.807) is 23.5 Å². The van der Waals surface area contributed by atoms with Crippen molar-refractivity contribution in [3.05, 3.63) is 53.7 Å². The summed E-state index contributed by atoms with van der Waals surface area (Å²) >= 11 is 0. The molecular weight excluding hydrogens is 340 g/mol. The molecule has 4 heterocycles. The van der Waals surface area contributed by atoms with Gasteiger partial charge in [-0.05, 0) is 37.6 Å². The minimum atomic E-state index is -0.0950. The molecule has 0 saturated carbocycles. The number of imidazole rings is 1. The highest BCUT2D eigenvalue weighted by atomic mass is 16.2. The minimum Gasteiger partial charge on any atom is -0.341 e. The van der Waals surface area contributed by atoms with Crippen LogP contribution in [0, 0.1) is 31.1 Å². The number of aromatic amines is 1. The maximum absolute atomic E-state index is 12.5. The number of aryl methyl sites for hydroxylation is 2. The van der Waals surface area contributed by atoms with Gasteiger partial charge in [0, 0.05) is 42.9 Å². The molecule has 1 aliphatic heterocycles. The van der Waals surface area contributed by atoms with Crippen LogP contribution in [0.2, 0.25) is 0 Å². The third-order valence-corrected chi connectivity index (χ3v) is 4.80. The van der Waals surface area contributed by atoms with Crippen molar-refractivity contribution in [1.29, 1.82) is 5.26 Å². The van der Waals surface area contributed by atoms with Crippen LogP contribution in [-0.4, -0.2) is 43.8 Å². The van der Waals surface area contributed by atoms with Crippen molar-refractivity contribution in [2.45, 2.75) is 13.8 Å². The van der Waals surface area contributed by atoms with Gasteiger partial charge in [0.25, 0.3) is 5.91 Å². The summed E-state index contributed by atoms with van der Waals surface area (Å²) in [6, 6.07) is 7.81. The lowest BCUT2D eigenvalue weighted by atomic mass is 10.00. The van der Waals surface area contributed by atoms with Gasteiger partial charge in [0.15, 0.2) is 5.82 Å². The van der Waals surface area contributed by atoms with Gasteiger partial charge in [0.05, 0.1) is 23.2 Å². The Labute approximate surface area is 156 Å². The fraction of sp³-hybridized carbons (Fsp3) is 0.250. The normalized spacial score (nSPS) is 13.9. The number of hydrogen-bond donors (Lipinski definition) is 1. The van der Waals surface area contributed by atoms with Crippen LogP contribution in [0.4, 0.5) is 0 Å². The molecular formula is C20H18N6O. The van der Waals surface area contributed by atoms with Gasteiger partial charge in [0.1, 0.15) is 5.69 Å². The van der Waals surface area contributed by atoms with Crippen LogP contribution < -0.4 is 0 Å². The highest BCUT2D eigenvalue weighted by molar-refractivity contribution is 5.95. The molecule has 7 nitrogen and oxygen atoms in total. The summed E-state index contributed by atoms with van der Waals surface area (Å²) in [6.07, 6.45) is 5.01. The largest absolute Gasteiger partial charge is 0.341 e. The van der Waals surface area contributed by atoms with E-state index < -0.39 is 0 Å². The minimum absolute atomic E-state index is 0.0620. The standard InChI is InChI=1S/C20H18N6O/c1-12-13(2)25-19(24-12)18-6-15(3-4-23-18)16-5-17(9-22-8-16)20(27)26-10-14(7-21)11-26/h3-6,8-9,14H,10-11H2,1-2H3,(H,24,25). The van der Waals surface area contributed by atoms with Gasteiger partial charge < -0.3 is 9.88 Å². The topological polar surface area (TPSA) is 98.6 Å². The first kappa shape index (κ1) is 16.9. The third-order valence-electron chi connectivity index (χ3n) is 4.80. The van der Waals surface area contributed by atoms with E-state index in [0.717, 1.165) is 34.0 Å². The SMILES string of the molecule is Cc1nc(-c2cc(-c3cncc(C(=O)N4CC(C#N)C4)c3)ccn2)[nH]c1C. The quantitative estimate of drug-likeness (QED) is 0.776. The average molecular weight is 358 g/mol. The Bertz CT molecular complexity index is 1040. The van der Waals surface area contributed by atoms with Crippen LogP contribution in [0.3, 0.4) is 0 Å². The lowest BCUT2D eigenvalue weighted by molar-refractivity contribution is 0.0577. The van der Waals surface area contributed by atoms with E-state index in [4.69, 9.17) is 5.26 Å². The van der Waals surface area contributed by atoms with Gasteiger partial charge in [-0.25, -0.2) is 4.98 Å². The summed E-state index contributed by atoms with van der Waals surface area (Å²) in [4.78, 5) is 30.6. The highest BCUT2D eigenvalue weighted by Crippen LogP contribution is 2.25. The molecule has 134 valence electrons. The molecule has 1 aliphatic rings. The average Bonchev–Trinajstić information content (AvgIpc) is 3.00. The number of nitrogens with zero attached hydrogens (tertiary/aromatic N) is 5. The smallest absolute Gasteiger partial charge is 0.255 e. The number of hydrogen-bond acceptors (Lipinski definition) is 5. The third kappa shape index (κ3) is 3.17. The van der Waals surface area contributed by atoms with E-state index in [2.05, 4.69) is 26.0 Å². The van der Waals surface area contributed by atoms with E-state index in [1.165, 1.54) is 0 Å². The summed E-state index contributed by atoms with van der Waals surface area (Å²) < 4.78 is 0. The van der Waals surface area contributed by atoms with Gasteiger partial charge in [-0.1, -0.05) is 0 Å². The summed E-state index contributed by atoms with van der Waals surface area (Å²) in [5, 5.41) is 8.87. The molecule has 0 spiro atoms. The zero-order chi connectivity index (χ0) is 19.0. The zero-order valence-corrected chi connectivity index (χ0v) is 15.1. The number of H-pyrrole nitrogens is 1. The molecule has 4 rings (SSSR count). The molecule has 1 N–H and O–H groups in total. The van der Waals surface area contributed by atoms with E-state index in [9.17, 15) is 4.79 Å². The van der Waals surface area contributed by atoms with E-state index in [1.807, 2.05) is 32.0 Å². The van der Waals surface area contributed by atoms with Gasteiger partial charge >= 0.3 is 0 Å². The Hall–Kier alpha value is -3.53. The van der Waals surface area contributed by atoms with Crippen molar-refractivity contribution in [3.8, 4) is 28.7 Å². The molecule has 0 bridgehead atoms.